The summed E-state index contributed by atoms with van der Waals surface area (Å²) >= 11 is 0. The lowest BCUT2D eigenvalue weighted by Gasteiger charge is -2.18. The van der Waals surface area contributed by atoms with Gasteiger partial charge < -0.3 is 10.6 Å². The second-order valence-electron chi connectivity index (χ2n) is 3.72. The third-order valence-corrected chi connectivity index (χ3v) is 2.22. The van der Waals surface area contributed by atoms with E-state index in [-0.39, 0.29) is 5.82 Å². The summed E-state index contributed by atoms with van der Waals surface area (Å²) in [4.78, 5) is 6.05. The minimum absolute atomic E-state index is 0.223. The molecule has 0 saturated heterocycles. The Morgan fingerprint density at radius 2 is 2.00 bits per heavy atom. The summed E-state index contributed by atoms with van der Waals surface area (Å²) in [5.41, 5.74) is 6.80. The first-order chi connectivity index (χ1) is 7.63. The highest BCUT2D eigenvalue weighted by Crippen LogP contribution is 2.05. The van der Waals surface area contributed by atoms with Gasteiger partial charge in [-0.25, -0.2) is 4.39 Å². The molecule has 16 heavy (non-hydrogen) atoms. The van der Waals surface area contributed by atoms with Gasteiger partial charge in [-0.05, 0) is 24.1 Å². The number of guanidine groups is 1. The largest absolute Gasteiger partial charge is 0.370 e. The summed E-state index contributed by atoms with van der Waals surface area (Å²) in [6, 6.07) is 6.39. The molecule has 2 N–H and O–H groups in total. The van der Waals surface area contributed by atoms with Gasteiger partial charge in [0, 0.05) is 20.1 Å². The second kappa shape index (κ2) is 6.10. The zero-order chi connectivity index (χ0) is 12.0. The molecular weight excluding hydrogens is 205 g/mol. The molecule has 0 bridgehead atoms. The van der Waals surface area contributed by atoms with Gasteiger partial charge in [-0.15, -0.1) is 0 Å². The minimum atomic E-state index is -0.223. The molecule has 0 unspecified atom stereocenters. The number of nitrogens with zero attached hydrogens (tertiary/aromatic N) is 2. The molecular formula is C12H18FN3. The molecule has 0 aromatic heterocycles. The van der Waals surface area contributed by atoms with Crippen LogP contribution >= 0.6 is 0 Å². The van der Waals surface area contributed by atoms with Gasteiger partial charge >= 0.3 is 0 Å². The van der Waals surface area contributed by atoms with Crippen LogP contribution in [0.15, 0.2) is 29.3 Å². The molecule has 0 amide bonds. The molecule has 0 aliphatic heterocycles. The predicted molar refractivity (Wildman–Crippen MR) is 64.6 cm³/mol. The number of halogens is 1. The van der Waals surface area contributed by atoms with Gasteiger partial charge in [0.1, 0.15) is 5.82 Å². The van der Waals surface area contributed by atoms with E-state index in [1.807, 2.05) is 11.9 Å². The van der Waals surface area contributed by atoms with Crippen LogP contribution in [0.3, 0.4) is 0 Å². The van der Waals surface area contributed by atoms with E-state index in [2.05, 4.69) is 11.9 Å². The number of nitrogens with two attached hydrogens (primary N) is 1. The summed E-state index contributed by atoms with van der Waals surface area (Å²) < 4.78 is 12.7. The van der Waals surface area contributed by atoms with Gasteiger partial charge in [0.2, 0.25) is 0 Å². The Kier molecular flexibility index (Phi) is 4.76. The standard InChI is InChI=1S/C12H18FN3/c1-3-8-15-12(14)16(2)9-10-4-6-11(13)7-5-10/h4-7H,3,8-9H2,1-2H3,(H2,14,15). The molecule has 0 heterocycles. The van der Waals surface area contributed by atoms with Crippen molar-refractivity contribution in [2.75, 3.05) is 13.6 Å². The molecule has 88 valence electrons. The van der Waals surface area contributed by atoms with Crippen LogP contribution in [0.5, 0.6) is 0 Å². The van der Waals surface area contributed by atoms with E-state index < -0.39 is 0 Å². The molecule has 0 spiro atoms. The van der Waals surface area contributed by atoms with Gasteiger partial charge in [0.25, 0.3) is 0 Å². The van der Waals surface area contributed by atoms with Gasteiger partial charge in [-0.3, -0.25) is 4.99 Å². The van der Waals surface area contributed by atoms with Gasteiger partial charge in [-0.2, -0.15) is 0 Å². The zero-order valence-electron chi connectivity index (χ0n) is 9.78. The molecule has 0 radical (unpaired) electrons. The Labute approximate surface area is 95.8 Å². The van der Waals surface area contributed by atoms with Crippen molar-refractivity contribution in [3.05, 3.63) is 35.6 Å². The molecule has 1 rings (SSSR count). The van der Waals surface area contributed by atoms with E-state index in [1.165, 1.54) is 12.1 Å². The SMILES string of the molecule is CCCN=C(N)N(C)Cc1ccc(F)cc1. The summed E-state index contributed by atoms with van der Waals surface area (Å²) in [7, 11) is 1.87. The van der Waals surface area contributed by atoms with Crippen LogP contribution in [-0.2, 0) is 6.54 Å². The molecule has 4 heteroatoms. The van der Waals surface area contributed by atoms with Crippen molar-refractivity contribution in [1.29, 1.82) is 0 Å². The highest BCUT2D eigenvalue weighted by Gasteiger charge is 2.02. The van der Waals surface area contributed by atoms with E-state index in [4.69, 9.17) is 5.73 Å². The van der Waals surface area contributed by atoms with E-state index >= 15 is 0 Å². The van der Waals surface area contributed by atoms with Crippen molar-refractivity contribution in [2.45, 2.75) is 19.9 Å². The quantitative estimate of drug-likeness (QED) is 0.626. The van der Waals surface area contributed by atoms with Crippen LogP contribution < -0.4 is 5.73 Å². The van der Waals surface area contributed by atoms with Crippen molar-refractivity contribution >= 4 is 5.96 Å². The Morgan fingerprint density at radius 1 is 1.38 bits per heavy atom. The Morgan fingerprint density at radius 3 is 2.56 bits per heavy atom. The summed E-state index contributed by atoms with van der Waals surface area (Å²) in [6.07, 6.45) is 0.977. The fraction of sp³-hybridized carbons (Fsp3) is 0.417. The topological polar surface area (TPSA) is 41.6 Å². The zero-order valence-corrected chi connectivity index (χ0v) is 9.78. The number of aliphatic imine (C=N–C) groups is 1. The second-order valence-corrected chi connectivity index (χ2v) is 3.72. The normalized spacial score (nSPS) is 11.6. The summed E-state index contributed by atoms with van der Waals surface area (Å²) in [5, 5.41) is 0. The number of benzene rings is 1. The predicted octanol–water partition coefficient (Wildman–Crippen LogP) is 1.98. The lowest BCUT2D eigenvalue weighted by atomic mass is 10.2. The maximum absolute atomic E-state index is 12.7. The number of rotatable bonds is 4. The maximum atomic E-state index is 12.7. The Hall–Kier alpha value is -1.58. The van der Waals surface area contributed by atoms with Crippen LogP contribution in [0.25, 0.3) is 0 Å². The summed E-state index contributed by atoms with van der Waals surface area (Å²) in [5.74, 6) is 0.296. The Bertz CT molecular complexity index is 346. The fourth-order valence-corrected chi connectivity index (χ4v) is 1.29. The molecule has 0 aliphatic rings. The molecule has 1 aromatic carbocycles. The third kappa shape index (κ3) is 3.88. The maximum Gasteiger partial charge on any atom is 0.191 e. The monoisotopic (exact) mass is 223 g/mol. The van der Waals surface area contributed by atoms with Crippen molar-refractivity contribution in [1.82, 2.24) is 4.90 Å². The first kappa shape index (κ1) is 12.5. The van der Waals surface area contributed by atoms with E-state index in [1.54, 1.807) is 12.1 Å². The van der Waals surface area contributed by atoms with Crippen LogP contribution in [0.4, 0.5) is 4.39 Å². The van der Waals surface area contributed by atoms with Crippen LogP contribution in [0.1, 0.15) is 18.9 Å². The lowest BCUT2D eigenvalue weighted by molar-refractivity contribution is 0.491. The average Bonchev–Trinajstić information content (AvgIpc) is 2.29. The molecule has 0 fully saturated rings. The summed E-state index contributed by atoms with van der Waals surface area (Å²) in [6.45, 7) is 3.43. The van der Waals surface area contributed by atoms with E-state index in [9.17, 15) is 4.39 Å². The molecule has 0 atom stereocenters. The van der Waals surface area contributed by atoms with Crippen molar-refractivity contribution in [3.63, 3.8) is 0 Å². The molecule has 0 aliphatic carbocycles. The molecule has 1 aromatic rings. The fourth-order valence-electron chi connectivity index (χ4n) is 1.29. The van der Waals surface area contributed by atoms with Crippen molar-refractivity contribution in [2.24, 2.45) is 10.7 Å². The van der Waals surface area contributed by atoms with Crippen LogP contribution in [0, 0.1) is 5.82 Å². The average molecular weight is 223 g/mol. The number of hydrogen-bond donors (Lipinski definition) is 1. The highest BCUT2D eigenvalue weighted by molar-refractivity contribution is 5.77. The number of hydrogen-bond acceptors (Lipinski definition) is 1. The molecule has 0 saturated carbocycles. The van der Waals surface area contributed by atoms with Crippen LogP contribution in [0.2, 0.25) is 0 Å². The first-order valence-corrected chi connectivity index (χ1v) is 5.39. The van der Waals surface area contributed by atoms with Gasteiger partial charge in [0.15, 0.2) is 5.96 Å². The van der Waals surface area contributed by atoms with Gasteiger partial charge in [0.05, 0.1) is 0 Å². The third-order valence-electron chi connectivity index (χ3n) is 2.22. The van der Waals surface area contributed by atoms with E-state index in [0.29, 0.717) is 12.5 Å². The van der Waals surface area contributed by atoms with Crippen molar-refractivity contribution < 1.29 is 4.39 Å². The molecule has 3 nitrogen and oxygen atoms in total. The highest BCUT2D eigenvalue weighted by atomic mass is 19.1. The smallest absolute Gasteiger partial charge is 0.191 e. The first-order valence-electron chi connectivity index (χ1n) is 5.39. The van der Waals surface area contributed by atoms with Gasteiger partial charge in [-0.1, -0.05) is 19.1 Å². The van der Waals surface area contributed by atoms with Crippen LogP contribution in [-0.4, -0.2) is 24.5 Å². The van der Waals surface area contributed by atoms with E-state index in [0.717, 1.165) is 18.5 Å². The minimum Gasteiger partial charge on any atom is -0.370 e. The lowest BCUT2D eigenvalue weighted by Crippen LogP contribution is -2.33. The van der Waals surface area contributed by atoms with Crippen molar-refractivity contribution in [3.8, 4) is 0 Å². The Balaban J connectivity index is 2.56.